The molecule has 7 heteroatoms. The highest BCUT2D eigenvalue weighted by Gasteiger charge is 2.43. The Kier molecular flexibility index (Phi) is 17.4. The van der Waals surface area contributed by atoms with Gasteiger partial charge in [-0.15, -0.1) is 0 Å². The highest BCUT2D eigenvalue weighted by atomic mass is 16.5. The van der Waals surface area contributed by atoms with Crippen molar-refractivity contribution in [1.29, 1.82) is 0 Å². The zero-order chi connectivity index (χ0) is 41.0. The molecule has 0 radical (unpaired) electrons. The number of hydrazine groups is 1. The summed E-state index contributed by atoms with van der Waals surface area (Å²) in [4.78, 5) is 12.9. The lowest BCUT2D eigenvalue weighted by molar-refractivity contribution is 0.104. The Morgan fingerprint density at radius 3 is 1.92 bits per heavy atom. The average Bonchev–Trinajstić information content (AvgIpc) is 3.65. The summed E-state index contributed by atoms with van der Waals surface area (Å²) in [6.45, 7) is 2.55. The van der Waals surface area contributed by atoms with Crippen LogP contribution < -0.4 is 20.3 Å². The van der Waals surface area contributed by atoms with Crippen LogP contribution in [0.4, 0.5) is 0 Å². The van der Waals surface area contributed by atoms with Crippen LogP contribution in [0, 0.1) is 0 Å². The van der Waals surface area contributed by atoms with Gasteiger partial charge in [-0.3, -0.25) is 10.2 Å². The molecule has 0 aromatic heterocycles. The molecule has 2 aliphatic carbocycles. The van der Waals surface area contributed by atoms with Crippen LogP contribution in [0.25, 0.3) is 6.08 Å². The molecule has 0 amide bonds. The standard InChI is InChI=1S/C52H62N2O5/c55-34-12-3-1-2-5-14-36-59-48-27-22-43(23-28-48)40-53-54-52(32-30-41(31-33-52)24-29-50(57)44-16-8-7-9-17-44)51-46(39-45-18-10-11-19-49(45)51)38-42-20-25-47(26-21-42)58-37-15-6-4-13-35-56/h7-11,16-32,39,51,53-56H,1-6,12-15,33-38,40H2. The van der Waals surface area contributed by atoms with Gasteiger partial charge in [-0.1, -0.05) is 147 Å². The van der Waals surface area contributed by atoms with Gasteiger partial charge in [-0.25, -0.2) is 5.43 Å². The maximum atomic E-state index is 12.9. The molecular formula is C52H62N2O5. The molecule has 59 heavy (non-hydrogen) atoms. The molecule has 0 saturated heterocycles. The van der Waals surface area contributed by atoms with Gasteiger partial charge in [0, 0.05) is 31.2 Å². The number of aliphatic hydroxyl groups is 2. The smallest absolute Gasteiger partial charge is 0.185 e. The topological polar surface area (TPSA) is 100 Å². The summed E-state index contributed by atoms with van der Waals surface area (Å²) in [7, 11) is 0. The SMILES string of the molecule is O=C(C=CC1=CCC(NNCc2ccc(OCCCCCCCCO)cc2)(C2C(Cc3ccc(OCCCCCCO)cc3)=Cc3ccccc32)C=C1)c1ccccc1. The number of allylic oxidation sites excluding steroid dienone is 4. The Morgan fingerprint density at radius 1 is 0.695 bits per heavy atom. The number of hydrogen-bond donors (Lipinski definition) is 4. The number of ketones is 1. The van der Waals surface area contributed by atoms with Gasteiger partial charge < -0.3 is 19.7 Å². The molecule has 0 fully saturated rings. The second-order valence-corrected chi connectivity index (χ2v) is 15.7. The Hall–Kier alpha value is -5.05. The zero-order valence-corrected chi connectivity index (χ0v) is 34.5. The average molecular weight is 795 g/mol. The fraction of sp³-hybridized carbons (Fsp3) is 0.365. The number of hydrogen-bond acceptors (Lipinski definition) is 7. The summed E-state index contributed by atoms with van der Waals surface area (Å²) in [5, 5.41) is 18.0. The van der Waals surface area contributed by atoms with Crippen LogP contribution in [-0.4, -0.2) is 48.0 Å². The van der Waals surface area contributed by atoms with Crippen molar-refractivity contribution in [2.75, 3.05) is 26.4 Å². The van der Waals surface area contributed by atoms with Crippen LogP contribution in [0.5, 0.6) is 11.5 Å². The first-order valence-electron chi connectivity index (χ1n) is 21.7. The van der Waals surface area contributed by atoms with Crippen LogP contribution in [0.1, 0.15) is 109 Å². The second-order valence-electron chi connectivity index (χ2n) is 15.7. The first-order valence-corrected chi connectivity index (χ1v) is 21.7. The normalized spacial score (nSPS) is 17.2. The van der Waals surface area contributed by atoms with E-state index in [2.05, 4.69) is 108 Å². The molecule has 0 aliphatic heterocycles. The van der Waals surface area contributed by atoms with Gasteiger partial charge >= 0.3 is 0 Å². The highest BCUT2D eigenvalue weighted by molar-refractivity contribution is 6.04. The summed E-state index contributed by atoms with van der Waals surface area (Å²) in [5.74, 6) is 1.81. The molecular weight excluding hydrogens is 733 g/mol. The highest BCUT2D eigenvalue weighted by Crippen LogP contribution is 2.47. The van der Waals surface area contributed by atoms with Crippen molar-refractivity contribution >= 4 is 11.9 Å². The van der Waals surface area contributed by atoms with Crippen molar-refractivity contribution < 1.29 is 24.5 Å². The van der Waals surface area contributed by atoms with E-state index in [1.165, 1.54) is 35.1 Å². The van der Waals surface area contributed by atoms with Crippen molar-refractivity contribution in [1.82, 2.24) is 10.9 Å². The van der Waals surface area contributed by atoms with Crippen molar-refractivity contribution in [3.8, 4) is 11.5 Å². The number of fused-ring (bicyclic) bond motifs is 1. The largest absolute Gasteiger partial charge is 0.494 e. The van der Waals surface area contributed by atoms with Gasteiger partial charge in [0.1, 0.15) is 11.5 Å². The van der Waals surface area contributed by atoms with Crippen LogP contribution in [0.15, 0.2) is 145 Å². The number of ether oxygens (including phenoxy) is 2. The Balaban J connectivity index is 1.14. The molecule has 4 aromatic rings. The number of unbranched alkanes of at least 4 members (excludes halogenated alkanes) is 8. The minimum absolute atomic E-state index is 0.0114. The van der Waals surface area contributed by atoms with E-state index in [9.17, 15) is 4.79 Å². The van der Waals surface area contributed by atoms with Gasteiger partial charge in [0.25, 0.3) is 0 Å². The monoisotopic (exact) mass is 794 g/mol. The second kappa shape index (κ2) is 23.5. The number of carbonyl (C=O) groups excluding carboxylic acids is 1. The van der Waals surface area contributed by atoms with Crippen molar-refractivity contribution in [3.63, 3.8) is 0 Å². The van der Waals surface area contributed by atoms with Crippen LogP contribution in [-0.2, 0) is 13.0 Å². The fourth-order valence-electron chi connectivity index (χ4n) is 8.01. The minimum atomic E-state index is -0.487. The van der Waals surface area contributed by atoms with E-state index in [4.69, 9.17) is 19.7 Å². The quantitative estimate of drug-likeness (QED) is 0.0217. The molecule has 310 valence electrons. The lowest BCUT2D eigenvalue weighted by Gasteiger charge is -2.41. The molecule has 7 nitrogen and oxygen atoms in total. The van der Waals surface area contributed by atoms with Crippen molar-refractivity contribution in [3.05, 3.63) is 172 Å². The van der Waals surface area contributed by atoms with E-state index < -0.39 is 5.54 Å². The van der Waals surface area contributed by atoms with E-state index in [1.807, 2.05) is 36.4 Å². The number of benzene rings is 4. The maximum Gasteiger partial charge on any atom is 0.185 e. The fourth-order valence-corrected chi connectivity index (χ4v) is 8.01. The van der Waals surface area contributed by atoms with E-state index in [0.29, 0.717) is 31.7 Å². The molecule has 2 unspecified atom stereocenters. The first-order chi connectivity index (χ1) is 29.1. The third-order valence-corrected chi connectivity index (χ3v) is 11.3. The lowest BCUT2D eigenvalue weighted by atomic mass is 9.72. The predicted molar refractivity (Wildman–Crippen MR) is 240 cm³/mol. The summed E-state index contributed by atoms with van der Waals surface area (Å²) in [6.07, 6.45) is 24.6. The third-order valence-electron chi connectivity index (χ3n) is 11.3. The van der Waals surface area contributed by atoms with Crippen LogP contribution in [0.2, 0.25) is 0 Å². The Labute approximate surface area is 351 Å². The van der Waals surface area contributed by atoms with E-state index in [0.717, 1.165) is 80.4 Å². The minimum Gasteiger partial charge on any atom is -0.494 e. The first kappa shape index (κ1) is 43.5. The predicted octanol–water partition coefficient (Wildman–Crippen LogP) is 10.4. The van der Waals surface area contributed by atoms with E-state index >= 15 is 0 Å². The lowest BCUT2D eigenvalue weighted by Crippen LogP contribution is -2.55. The molecule has 0 bridgehead atoms. The van der Waals surface area contributed by atoms with Gasteiger partial charge in [0.15, 0.2) is 5.78 Å². The van der Waals surface area contributed by atoms with Gasteiger partial charge in [-0.05, 0) is 103 Å². The number of aliphatic hydroxyl groups excluding tert-OH is 2. The molecule has 2 aliphatic rings. The van der Waals surface area contributed by atoms with E-state index in [1.54, 1.807) is 6.08 Å². The molecule has 0 saturated carbocycles. The number of carbonyl (C=O) groups is 1. The van der Waals surface area contributed by atoms with Crippen LogP contribution in [0.3, 0.4) is 0 Å². The van der Waals surface area contributed by atoms with Gasteiger partial charge in [0.2, 0.25) is 0 Å². The molecule has 6 rings (SSSR count). The van der Waals surface area contributed by atoms with Gasteiger partial charge in [-0.2, -0.15) is 0 Å². The summed E-state index contributed by atoms with van der Waals surface area (Å²) < 4.78 is 12.1. The van der Waals surface area contributed by atoms with Crippen molar-refractivity contribution in [2.45, 2.75) is 95.1 Å². The number of nitrogens with one attached hydrogen (secondary N) is 2. The molecule has 2 atom stereocenters. The maximum absolute atomic E-state index is 12.9. The van der Waals surface area contributed by atoms with Gasteiger partial charge in [0.05, 0.1) is 18.8 Å². The van der Waals surface area contributed by atoms with Crippen molar-refractivity contribution in [2.24, 2.45) is 0 Å². The zero-order valence-electron chi connectivity index (χ0n) is 34.5. The molecule has 4 N–H and O–H groups in total. The molecule has 4 aromatic carbocycles. The molecule has 0 heterocycles. The summed E-state index contributed by atoms with van der Waals surface area (Å²) in [6, 6.07) is 35.0. The Morgan fingerprint density at radius 2 is 1.29 bits per heavy atom. The van der Waals surface area contributed by atoms with Crippen LogP contribution >= 0.6 is 0 Å². The van der Waals surface area contributed by atoms with E-state index in [-0.39, 0.29) is 24.9 Å². The number of rotatable bonds is 26. The third kappa shape index (κ3) is 13.2. The summed E-state index contributed by atoms with van der Waals surface area (Å²) >= 11 is 0. The Bertz CT molecular complexity index is 2000. The summed E-state index contributed by atoms with van der Waals surface area (Å²) in [5.41, 5.74) is 14.9. The molecule has 0 spiro atoms.